The summed E-state index contributed by atoms with van der Waals surface area (Å²) in [5, 5.41) is 5.88. The summed E-state index contributed by atoms with van der Waals surface area (Å²) in [4.78, 5) is 17.2. The lowest BCUT2D eigenvalue weighted by atomic mass is 9.97. The molecule has 0 spiro atoms. The lowest BCUT2D eigenvalue weighted by molar-refractivity contribution is 0.0950. The molecule has 2 heterocycles. The summed E-state index contributed by atoms with van der Waals surface area (Å²) in [6.07, 6.45) is 0. The molecule has 28 heavy (non-hydrogen) atoms. The summed E-state index contributed by atoms with van der Waals surface area (Å²) in [6, 6.07) is 15.7. The standard InChI is InChI=1S/C21H22N4O2S/c1-27-19-9-15(7-8-18(19)16-10-23-24-11-16)20(26)22-12-17-13-28-21(25-17)14-5-3-2-4-6-14/h2-9,13,16,23-24H,10-12H2,1H3,(H,22,26). The molecule has 0 unspecified atom stereocenters. The largest absolute Gasteiger partial charge is 0.496 e. The van der Waals surface area contributed by atoms with Gasteiger partial charge < -0.3 is 10.1 Å². The minimum absolute atomic E-state index is 0.137. The molecule has 3 N–H and O–H groups in total. The molecule has 0 aliphatic carbocycles. The van der Waals surface area contributed by atoms with E-state index in [2.05, 4.69) is 21.2 Å². The lowest BCUT2D eigenvalue weighted by Gasteiger charge is -2.14. The van der Waals surface area contributed by atoms with Gasteiger partial charge in [0.05, 0.1) is 19.3 Å². The molecule has 4 rings (SSSR count). The molecule has 1 aromatic heterocycles. The molecular weight excluding hydrogens is 372 g/mol. The maximum Gasteiger partial charge on any atom is 0.251 e. The van der Waals surface area contributed by atoms with Crippen LogP contribution in [0, 0.1) is 0 Å². The summed E-state index contributed by atoms with van der Waals surface area (Å²) in [7, 11) is 1.64. The third kappa shape index (κ3) is 4.06. The van der Waals surface area contributed by atoms with Crippen LogP contribution in [-0.4, -0.2) is 31.1 Å². The van der Waals surface area contributed by atoms with Crippen molar-refractivity contribution in [3.8, 4) is 16.3 Å². The van der Waals surface area contributed by atoms with Gasteiger partial charge in [0.25, 0.3) is 5.91 Å². The second-order valence-electron chi connectivity index (χ2n) is 6.61. The summed E-state index contributed by atoms with van der Waals surface area (Å²) in [5.41, 5.74) is 9.86. The smallest absolute Gasteiger partial charge is 0.251 e. The van der Waals surface area contributed by atoms with Gasteiger partial charge in [0.1, 0.15) is 10.8 Å². The molecule has 0 bridgehead atoms. The predicted octanol–water partition coefficient (Wildman–Crippen LogP) is 2.94. The van der Waals surface area contributed by atoms with E-state index in [1.54, 1.807) is 24.5 Å². The number of hydrazine groups is 1. The molecule has 6 nitrogen and oxygen atoms in total. The van der Waals surface area contributed by atoms with Crippen LogP contribution in [0.25, 0.3) is 10.6 Å². The molecule has 1 fully saturated rings. The highest BCUT2D eigenvalue weighted by atomic mass is 32.1. The molecule has 1 aliphatic rings. The number of carbonyl (C=O) groups is 1. The van der Waals surface area contributed by atoms with Crippen molar-refractivity contribution >= 4 is 17.2 Å². The van der Waals surface area contributed by atoms with Crippen molar-refractivity contribution in [2.45, 2.75) is 12.5 Å². The normalized spacial score (nSPS) is 14.2. The molecule has 0 radical (unpaired) electrons. The number of aromatic nitrogens is 1. The first-order valence-corrected chi connectivity index (χ1v) is 10.0. The van der Waals surface area contributed by atoms with Crippen LogP contribution in [0.3, 0.4) is 0 Å². The maximum atomic E-state index is 12.6. The molecule has 1 saturated heterocycles. The van der Waals surface area contributed by atoms with E-state index in [0.717, 1.165) is 40.7 Å². The lowest BCUT2D eigenvalue weighted by Crippen LogP contribution is -2.23. The van der Waals surface area contributed by atoms with Crippen LogP contribution in [0.15, 0.2) is 53.9 Å². The van der Waals surface area contributed by atoms with Crippen molar-refractivity contribution in [2.75, 3.05) is 20.2 Å². The summed E-state index contributed by atoms with van der Waals surface area (Å²) in [6.45, 7) is 2.08. The van der Waals surface area contributed by atoms with Crippen LogP contribution in [0.2, 0.25) is 0 Å². The number of benzene rings is 2. The highest BCUT2D eigenvalue weighted by Gasteiger charge is 2.21. The van der Waals surface area contributed by atoms with Crippen molar-refractivity contribution in [1.82, 2.24) is 21.2 Å². The fraction of sp³-hybridized carbons (Fsp3) is 0.238. The monoisotopic (exact) mass is 394 g/mol. The van der Waals surface area contributed by atoms with E-state index < -0.39 is 0 Å². The molecule has 144 valence electrons. The second-order valence-corrected chi connectivity index (χ2v) is 7.47. The van der Waals surface area contributed by atoms with E-state index in [4.69, 9.17) is 4.74 Å². The average molecular weight is 395 g/mol. The minimum atomic E-state index is -0.137. The molecule has 0 saturated carbocycles. The average Bonchev–Trinajstić information content (AvgIpc) is 3.44. The third-order valence-electron chi connectivity index (χ3n) is 4.76. The quantitative estimate of drug-likeness (QED) is 0.599. The first-order chi connectivity index (χ1) is 13.7. The number of hydrogen-bond acceptors (Lipinski definition) is 6. The number of methoxy groups -OCH3 is 1. The Bertz CT molecular complexity index is 952. The van der Waals surface area contributed by atoms with Crippen LogP contribution >= 0.6 is 11.3 Å². The molecule has 2 aromatic carbocycles. The SMILES string of the molecule is COc1cc(C(=O)NCc2csc(-c3ccccc3)n2)ccc1C1CNNC1. The number of nitrogens with zero attached hydrogens (tertiary/aromatic N) is 1. The third-order valence-corrected chi connectivity index (χ3v) is 5.70. The fourth-order valence-electron chi connectivity index (χ4n) is 3.25. The van der Waals surface area contributed by atoms with Gasteiger partial charge in [-0.3, -0.25) is 15.6 Å². The zero-order valence-electron chi connectivity index (χ0n) is 15.6. The van der Waals surface area contributed by atoms with Gasteiger partial charge in [0.2, 0.25) is 0 Å². The van der Waals surface area contributed by atoms with Crippen LogP contribution in [0.5, 0.6) is 5.75 Å². The van der Waals surface area contributed by atoms with Crippen molar-refractivity contribution in [2.24, 2.45) is 0 Å². The molecule has 1 amide bonds. The zero-order chi connectivity index (χ0) is 19.3. The Balaban J connectivity index is 1.42. The van der Waals surface area contributed by atoms with Crippen molar-refractivity contribution in [3.05, 3.63) is 70.7 Å². The Labute approximate surface area is 167 Å². The summed E-state index contributed by atoms with van der Waals surface area (Å²) < 4.78 is 5.52. The van der Waals surface area contributed by atoms with Crippen molar-refractivity contribution in [1.29, 1.82) is 0 Å². The Morgan fingerprint density at radius 2 is 2.00 bits per heavy atom. The Morgan fingerprint density at radius 3 is 2.75 bits per heavy atom. The van der Waals surface area contributed by atoms with E-state index in [1.807, 2.05) is 47.8 Å². The van der Waals surface area contributed by atoms with Gasteiger partial charge in [-0.2, -0.15) is 0 Å². The predicted molar refractivity (Wildman–Crippen MR) is 110 cm³/mol. The number of hydrogen-bond donors (Lipinski definition) is 3. The highest BCUT2D eigenvalue weighted by molar-refractivity contribution is 7.13. The first kappa shape index (κ1) is 18.6. The van der Waals surface area contributed by atoms with Crippen LogP contribution in [0.4, 0.5) is 0 Å². The molecular formula is C21H22N4O2S. The number of carbonyl (C=O) groups excluding carboxylic acids is 1. The number of thiazole rings is 1. The van der Waals surface area contributed by atoms with E-state index >= 15 is 0 Å². The molecule has 3 aromatic rings. The van der Waals surface area contributed by atoms with Gasteiger partial charge in [0, 0.05) is 35.5 Å². The number of ether oxygens (including phenoxy) is 1. The van der Waals surface area contributed by atoms with Gasteiger partial charge in [-0.05, 0) is 17.7 Å². The highest BCUT2D eigenvalue weighted by Crippen LogP contribution is 2.28. The number of amides is 1. The maximum absolute atomic E-state index is 12.6. The van der Waals surface area contributed by atoms with E-state index in [-0.39, 0.29) is 5.91 Å². The molecule has 7 heteroatoms. The minimum Gasteiger partial charge on any atom is -0.496 e. The van der Waals surface area contributed by atoms with Gasteiger partial charge in [-0.15, -0.1) is 11.3 Å². The van der Waals surface area contributed by atoms with Crippen LogP contribution in [0.1, 0.15) is 27.5 Å². The summed E-state index contributed by atoms with van der Waals surface area (Å²) in [5.74, 6) is 0.934. The second kappa shape index (κ2) is 8.52. The van der Waals surface area contributed by atoms with E-state index in [1.165, 1.54) is 0 Å². The first-order valence-electron chi connectivity index (χ1n) is 9.16. The van der Waals surface area contributed by atoms with Crippen molar-refractivity contribution in [3.63, 3.8) is 0 Å². The number of nitrogens with one attached hydrogen (secondary N) is 3. The Hall–Kier alpha value is -2.74. The van der Waals surface area contributed by atoms with E-state index in [9.17, 15) is 4.79 Å². The van der Waals surface area contributed by atoms with Gasteiger partial charge >= 0.3 is 0 Å². The van der Waals surface area contributed by atoms with Gasteiger partial charge in [0.15, 0.2) is 0 Å². The van der Waals surface area contributed by atoms with Crippen molar-refractivity contribution < 1.29 is 9.53 Å². The summed E-state index contributed by atoms with van der Waals surface area (Å²) >= 11 is 1.58. The fourth-order valence-corrected chi connectivity index (χ4v) is 4.07. The Morgan fingerprint density at radius 1 is 1.21 bits per heavy atom. The topological polar surface area (TPSA) is 75.3 Å². The van der Waals surface area contributed by atoms with Crippen LogP contribution < -0.4 is 20.9 Å². The van der Waals surface area contributed by atoms with Crippen LogP contribution in [-0.2, 0) is 6.54 Å². The van der Waals surface area contributed by atoms with Gasteiger partial charge in [-0.1, -0.05) is 36.4 Å². The molecule has 0 atom stereocenters. The number of rotatable bonds is 6. The Kier molecular flexibility index (Phi) is 5.66. The molecule has 1 aliphatic heterocycles. The van der Waals surface area contributed by atoms with E-state index in [0.29, 0.717) is 18.0 Å². The van der Waals surface area contributed by atoms with Gasteiger partial charge in [-0.25, -0.2) is 4.98 Å². The zero-order valence-corrected chi connectivity index (χ0v) is 16.4.